The summed E-state index contributed by atoms with van der Waals surface area (Å²) in [5.74, 6) is 2.44. The van der Waals surface area contributed by atoms with Crippen LogP contribution in [-0.4, -0.2) is 41.6 Å². The topological polar surface area (TPSA) is 50.3 Å². The summed E-state index contributed by atoms with van der Waals surface area (Å²) in [4.78, 5) is 12.1. The van der Waals surface area contributed by atoms with Crippen molar-refractivity contribution in [3.05, 3.63) is 53.1 Å². The number of methoxy groups -OCH3 is 1. The maximum Gasteiger partial charge on any atom is 0.132 e. The molecule has 0 saturated carbocycles. The molecule has 1 fully saturated rings. The van der Waals surface area contributed by atoms with Crippen LogP contribution in [0.4, 0.5) is 0 Å². The van der Waals surface area contributed by atoms with Crippen LogP contribution in [-0.2, 0) is 19.5 Å². The van der Waals surface area contributed by atoms with Crippen LogP contribution in [0.1, 0.15) is 41.4 Å². The van der Waals surface area contributed by atoms with Gasteiger partial charge in [0.1, 0.15) is 11.6 Å². The Hall–Kier alpha value is -1.98. The predicted octanol–water partition coefficient (Wildman–Crippen LogP) is 2.51. The molecular weight excluding hydrogens is 312 g/mol. The molecule has 3 heterocycles. The first-order valence-electron chi connectivity index (χ1n) is 9.22. The number of piperidine rings is 1. The Labute approximate surface area is 149 Å². The Morgan fingerprint density at radius 1 is 1.36 bits per heavy atom. The molecule has 1 aromatic heterocycles. The smallest absolute Gasteiger partial charge is 0.132 e. The van der Waals surface area contributed by atoms with E-state index in [4.69, 9.17) is 9.72 Å². The van der Waals surface area contributed by atoms with Gasteiger partial charge in [0.15, 0.2) is 0 Å². The number of hydrogen-bond donors (Lipinski definition) is 1. The largest absolute Gasteiger partial charge is 0.497 e. The van der Waals surface area contributed by atoms with E-state index in [1.54, 1.807) is 7.11 Å². The zero-order valence-corrected chi connectivity index (χ0v) is 14.9. The molecule has 1 atom stereocenters. The normalized spacial score (nSPS) is 20.9. The quantitative estimate of drug-likeness (QED) is 0.928. The third-order valence-electron chi connectivity index (χ3n) is 5.23. The number of aromatic nitrogens is 2. The highest BCUT2D eigenvalue weighted by atomic mass is 16.5. The first kappa shape index (κ1) is 16.5. The second kappa shape index (κ2) is 7.50. The summed E-state index contributed by atoms with van der Waals surface area (Å²) < 4.78 is 5.33. The molecule has 4 rings (SSSR count). The van der Waals surface area contributed by atoms with E-state index in [9.17, 15) is 0 Å². The molecule has 1 N–H and O–H groups in total. The Balaban J connectivity index is 1.44. The zero-order valence-electron chi connectivity index (χ0n) is 14.9. The van der Waals surface area contributed by atoms with Gasteiger partial charge in [-0.3, -0.25) is 4.90 Å². The van der Waals surface area contributed by atoms with Crippen molar-refractivity contribution in [1.82, 2.24) is 20.2 Å². The molecular formula is C20H26N4O. The molecule has 0 radical (unpaired) electrons. The summed E-state index contributed by atoms with van der Waals surface area (Å²) in [7, 11) is 1.72. The number of rotatable bonds is 4. The van der Waals surface area contributed by atoms with Crippen molar-refractivity contribution >= 4 is 0 Å². The van der Waals surface area contributed by atoms with Crippen molar-refractivity contribution in [2.24, 2.45) is 0 Å². The average molecular weight is 338 g/mol. The Kier molecular flexibility index (Phi) is 4.95. The molecule has 5 nitrogen and oxygen atoms in total. The molecule has 0 amide bonds. The molecule has 25 heavy (non-hydrogen) atoms. The Morgan fingerprint density at radius 3 is 3.16 bits per heavy atom. The number of nitrogens with one attached hydrogen (secondary N) is 1. The fourth-order valence-electron chi connectivity index (χ4n) is 3.82. The number of fused-ring (bicyclic) bond motifs is 1. The summed E-state index contributed by atoms with van der Waals surface area (Å²) in [5, 5.41) is 3.46. The van der Waals surface area contributed by atoms with Gasteiger partial charge in [-0.2, -0.15) is 0 Å². The minimum absolute atomic E-state index is 0.480. The summed E-state index contributed by atoms with van der Waals surface area (Å²) >= 11 is 0. The molecule has 0 aliphatic carbocycles. The molecule has 5 heteroatoms. The lowest BCUT2D eigenvalue weighted by atomic mass is 9.98. The van der Waals surface area contributed by atoms with Crippen molar-refractivity contribution < 1.29 is 4.74 Å². The van der Waals surface area contributed by atoms with E-state index in [1.165, 1.54) is 29.7 Å². The van der Waals surface area contributed by atoms with Gasteiger partial charge in [-0.1, -0.05) is 12.1 Å². The standard InChI is InChI=1S/C20H26N4O/c1-25-18-6-2-4-15(10-18)13-24-9-7-19-17(14-24)12-22-20(23-19)16-5-3-8-21-11-16/h2,4,6,10,12,16,21H,3,5,7-9,11,13-14H2,1H3/t16-/m0/s1. The van der Waals surface area contributed by atoms with E-state index in [0.717, 1.165) is 50.7 Å². The van der Waals surface area contributed by atoms with Crippen LogP contribution in [0.3, 0.4) is 0 Å². The minimum atomic E-state index is 0.480. The maximum absolute atomic E-state index is 5.33. The average Bonchev–Trinajstić information content (AvgIpc) is 2.68. The third-order valence-corrected chi connectivity index (χ3v) is 5.23. The summed E-state index contributed by atoms with van der Waals surface area (Å²) in [6.45, 7) is 5.05. The van der Waals surface area contributed by atoms with E-state index in [1.807, 2.05) is 6.07 Å². The first-order chi connectivity index (χ1) is 12.3. The fraction of sp³-hybridized carbons (Fsp3) is 0.500. The summed E-state index contributed by atoms with van der Waals surface area (Å²) in [6.07, 6.45) is 5.49. The van der Waals surface area contributed by atoms with E-state index >= 15 is 0 Å². The second-order valence-corrected chi connectivity index (χ2v) is 7.06. The molecule has 2 aliphatic heterocycles. The highest BCUT2D eigenvalue weighted by molar-refractivity contribution is 5.29. The first-order valence-corrected chi connectivity index (χ1v) is 9.22. The molecule has 2 aromatic rings. The number of benzene rings is 1. The van der Waals surface area contributed by atoms with Crippen molar-refractivity contribution in [3.8, 4) is 5.75 Å². The van der Waals surface area contributed by atoms with Crippen LogP contribution in [0.15, 0.2) is 30.5 Å². The van der Waals surface area contributed by atoms with Crippen LogP contribution in [0.2, 0.25) is 0 Å². The Morgan fingerprint density at radius 2 is 2.32 bits per heavy atom. The van der Waals surface area contributed by atoms with Crippen LogP contribution in [0.25, 0.3) is 0 Å². The lowest BCUT2D eigenvalue weighted by Crippen LogP contribution is -2.32. The highest BCUT2D eigenvalue weighted by Crippen LogP contribution is 2.24. The third kappa shape index (κ3) is 3.83. The van der Waals surface area contributed by atoms with E-state index in [0.29, 0.717) is 5.92 Å². The van der Waals surface area contributed by atoms with Crippen molar-refractivity contribution in [3.63, 3.8) is 0 Å². The van der Waals surface area contributed by atoms with Crippen LogP contribution in [0.5, 0.6) is 5.75 Å². The SMILES string of the molecule is COc1cccc(CN2CCc3nc([C@H]4CCCNC4)ncc3C2)c1. The molecule has 1 saturated heterocycles. The zero-order chi connectivity index (χ0) is 17.1. The van der Waals surface area contributed by atoms with Gasteiger partial charge < -0.3 is 10.1 Å². The van der Waals surface area contributed by atoms with Gasteiger partial charge >= 0.3 is 0 Å². The van der Waals surface area contributed by atoms with Gasteiger partial charge in [0.2, 0.25) is 0 Å². The molecule has 132 valence electrons. The Bertz CT molecular complexity index is 727. The van der Waals surface area contributed by atoms with Crippen molar-refractivity contribution in [2.75, 3.05) is 26.7 Å². The molecule has 0 unspecified atom stereocenters. The van der Waals surface area contributed by atoms with Gasteiger partial charge in [-0.15, -0.1) is 0 Å². The lowest BCUT2D eigenvalue weighted by molar-refractivity contribution is 0.242. The second-order valence-electron chi connectivity index (χ2n) is 7.06. The highest BCUT2D eigenvalue weighted by Gasteiger charge is 2.22. The molecule has 0 spiro atoms. The van der Waals surface area contributed by atoms with Gasteiger partial charge in [0.25, 0.3) is 0 Å². The van der Waals surface area contributed by atoms with Gasteiger partial charge in [-0.25, -0.2) is 9.97 Å². The van der Waals surface area contributed by atoms with Crippen LogP contribution in [0, 0.1) is 0 Å². The van der Waals surface area contributed by atoms with E-state index < -0.39 is 0 Å². The molecule has 1 aromatic carbocycles. The van der Waals surface area contributed by atoms with Gasteiger partial charge in [0, 0.05) is 56.0 Å². The molecule has 2 aliphatic rings. The monoisotopic (exact) mass is 338 g/mol. The fourth-order valence-corrected chi connectivity index (χ4v) is 3.82. The number of ether oxygens (including phenoxy) is 1. The lowest BCUT2D eigenvalue weighted by Gasteiger charge is -2.29. The summed E-state index contributed by atoms with van der Waals surface area (Å²) in [5.41, 5.74) is 3.81. The minimum Gasteiger partial charge on any atom is -0.497 e. The molecule has 0 bridgehead atoms. The summed E-state index contributed by atoms with van der Waals surface area (Å²) in [6, 6.07) is 8.32. The number of nitrogens with zero attached hydrogens (tertiary/aromatic N) is 3. The van der Waals surface area contributed by atoms with Gasteiger partial charge in [-0.05, 0) is 37.1 Å². The van der Waals surface area contributed by atoms with E-state index in [2.05, 4.69) is 39.6 Å². The van der Waals surface area contributed by atoms with Gasteiger partial charge in [0.05, 0.1) is 7.11 Å². The van der Waals surface area contributed by atoms with Crippen LogP contribution >= 0.6 is 0 Å². The van der Waals surface area contributed by atoms with E-state index in [-0.39, 0.29) is 0 Å². The maximum atomic E-state index is 5.33. The van der Waals surface area contributed by atoms with Crippen LogP contribution < -0.4 is 10.1 Å². The predicted molar refractivity (Wildman–Crippen MR) is 97.7 cm³/mol. The van der Waals surface area contributed by atoms with Crippen molar-refractivity contribution in [2.45, 2.75) is 38.3 Å². The van der Waals surface area contributed by atoms with Crippen molar-refractivity contribution in [1.29, 1.82) is 0 Å². The number of hydrogen-bond acceptors (Lipinski definition) is 5.